The van der Waals surface area contributed by atoms with Gasteiger partial charge in [-0.3, -0.25) is 0 Å². The summed E-state index contributed by atoms with van der Waals surface area (Å²) in [6.45, 7) is 4.73. The van der Waals surface area contributed by atoms with Gasteiger partial charge >= 0.3 is 0 Å². The highest BCUT2D eigenvalue weighted by atomic mass is 19.2. The summed E-state index contributed by atoms with van der Waals surface area (Å²) in [6.07, 6.45) is 1.44. The first kappa shape index (κ1) is 18.5. The van der Waals surface area contributed by atoms with Crippen LogP contribution in [0, 0.1) is 18.6 Å². The Kier molecular flexibility index (Phi) is 5.47. The highest BCUT2D eigenvalue weighted by molar-refractivity contribution is 5.57. The number of ether oxygens (including phenoxy) is 3. The molecule has 2 saturated heterocycles. The van der Waals surface area contributed by atoms with E-state index in [1.807, 2.05) is 0 Å². The molecule has 0 spiro atoms. The van der Waals surface area contributed by atoms with Crippen LogP contribution in [0.5, 0.6) is 0 Å². The second-order valence-corrected chi connectivity index (χ2v) is 6.99. The fourth-order valence-electron chi connectivity index (χ4n) is 3.47. The molecule has 2 aromatic rings. The number of hydrogen-bond acceptors (Lipinski definition) is 5. The zero-order valence-corrected chi connectivity index (χ0v) is 15.3. The maximum absolute atomic E-state index is 14.6. The molecule has 6 nitrogen and oxygen atoms in total. The number of rotatable bonds is 4. The average Bonchev–Trinajstić information content (AvgIpc) is 3.11. The Morgan fingerprint density at radius 1 is 1.07 bits per heavy atom. The number of halogens is 2. The van der Waals surface area contributed by atoms with Crippen molar-refractivity contribution >= 4 is 0 Å². The maximum Gasteiger partial charge on any atom is 0.170 e. The fourth-order valence-corrected chi connectivity index (χ4v) is 3.47. The molecule has 3 heterocycles. The normalized spacial score (nSPS) is 21.5. The third-order valence-corrected chi connectivity index (χ3v) is 5.05. The number of hydrogen-bond donors (Lipinski definition) is 0. The molecule has 1 atom stereocenters. The summed E-state index contributed by atoms with van der Waals surface area (Å²) in [5.41, 5.74) is 0.372. The molecule has 8 heteroatoms. The quantitative estimate of drug-likeness (QED) is 0.818. The van der Waals surface area contributed by atoms with Crippen molar-refractivity contribution in [3.05, 3.63) is 35.2 Å². The molecule has 0 N–H and O–H groups in total. The largest absolute Gasteiger partial charge is 0.381 e. The highest BCUT2D eigenvalue weighted by Gasteiger charge is 2.26. The second-order valence-electron chi connectivity index (χ2n) is 6.99. The molecule has 2 fully saturated rings. The van der Waals surface area contributed by atoms with E-state index < -0.39 is 11.6 Å². The zero-order valence-electron chi connectivity index (χ0n) is 15.3. The molecule has 2 aliphatic rings. The van der Waals surface area contributed by atoms with Gasteiger partial charge in [0.15, 0.2) is 23.3 Å². The van der Waals surface area contributed by atoms with Gasteiger partial charge in [0.2, 0.25) is 0 Å². The molecular weight excluding hydrogens is 356 g/mol. The van der Waals surface area contributed by atoms with Crippen molar-refractivity contribution in [1.29, 1.82) is 0 Å². The van der Waals surface area contributed by atoms with Crippen molar-refractivity contribution in [2.24, 2.45) is 0 Å². The van der Waals surface area contributed by atoms with Crippen molar-refractivity contribution in [1.82, 2.24) is 14.8 Å². The topological polar surface area (TPSA) is 58.4 Å². The van der Waals surface area contributed by atoms with E-state index in [0.717, 1.165) is 12.8 Å². The lowest BCUT2D eigenvalue weighted by molar-refractivity contribution is -0.0945. The zero-order chi connectivity index (χ0) is 18.8. The lowest BCUT2D eigenvalue weighted by atomic mass is 10.00. The Labute approximate surface area is 156 Å². The van der Waals surface area contributed by atoms with Crippen molar-refractivity contribution < 1.29 is 23.0 Å². The molecule has 0 amide bonds. The van der Waals surface area contributed by atoms with Gasteiger partial charge in [0.1, 0.15) is 6.10 Å². The van der Waals surface area contributed by atoms with Crippen LogP contribution >= 0.6 is 0 Å². The van der Waals surface area contributed by atoms with Gasteiger partial charge in [-0.05, 0) is 31.4 Å². The monoisotopic (exact) mass is 379 g/mol. The third kappa shape index (κ3) is 3.88. The maximum atomic E-state index is 14.6. The van der Waals surface area contributed by atoms with Gasteiger partial charge < -0.3 is 14.2 Å². The van der Waals surface area contributed by atoms with Crippen LogP contribution < -0.4 is 0 Å². The number of benzene rings is 1. The first-order valence-corrected chi connectivity index (χ1v) is 9.30. The smallest absolute Gasteiger partial charge is 0.170 e. The number of nitrogens with zero attached hydrogens (tertiary/aromatic N) is 3. The molecule has 0 radical (unpaired) electrons. The summed E-state index contributed by atoms with van der Waals surface area (Å²) >= 11 is 0. The van der Waals surface area contributed by atoms with E-state index >= 15 is 0 Å². The molecule has 0 saturated carbocycles. The number of aryl methyl sites for hydroxylation is 1. The lowest BCUT2D eigenvalue weighted by Crippen LogP contribution is -2.32. The Hall–Kier alpha value is -1.90. The molecule has 1 aromatic carbocycles. The summed E-state index contributed by atoms with van der Waals surface area (Å²) in [4.78, 5) is 4.59. The molecule has 1 unspecified atom stereocenters. The standard InChI is InChI=1S/C19H23F2N3O3/c1-12-2-3-15(17(21)16(12)20)19-22-18(13-4-6-25-7-5-13)23-24(19)10-14-11-26-8-9-27-14/h2-3,13-14H,4-11H2,1H3. The Bertz CT molecular complexity index is 800. The van der Waals surface area contributed by atoms with Gasteiger partial charge in [0, 0.05) is 19.1 Å². The van der Waals surface area contributed by atoms with Crippen LogP contribution in [-0.2, 0) is 20.8 Å². The summed E-state index contributed by atoms with van der Waals surface area (Å²) in [6, 6.07) is 3.11. The lowest BCUT2D eigenvalue weighted by Gasteiger charge is -2.23. The van der Waals surface area contributed by atoms with E-state index in [1.165, 1.54) is 6.92 Å². The van der Waals surface area contributed by atoms with Gasteiger partial charge in [-0.2, -0.15) is 5.10 Å². The van der Waals surface area contributed by atoms with Gasteiger partial charge in [-0.1, -0.05) is 6.07 Å². The predicted molar refractivity (Wildman–Crippen MR) is 93.5 cm³/mol. The van der Waals surface area contributed by atoms with Crippen LogP contribution in [-0.4, -0.2) is 53.9 Å². The Morgan fingerprint density at radius 2 is 1.89 bits per heavy atom. The molecule has 1 aromatic heterocycles. The molecule has 0 aliphatic carbocycles. The van der Waals surface area contributed by atoms with Gasteiger partial charge in [0.05, 0.1) is 31.9 Å². The van der Waals surface area contributed by atoms with E-state index in [-0.39, 0.29) is 23.1 Å². The van der Waals surface area contributed by atoms with E-state index in [9.17, 15) is 8.78 Å². The van der Waals surface area contributed by atoms with Crippen LogP contribution in [0.3, 0.4) is 0 Å². The number of aromatic nitrogens is 3. The first-order valence-electron chi connectivity index (χ1n) is 9.30. The van der Waals surface area contributed by atoms with E-state index in [2.05, 4.69) is 10.1 Å². The van der Waals surface area contributed by atoms with E-state index in [4.69, 9.17) is 14.2 Å². The third-order valence-electron chi connectivity index (χ3n) is 5.05. The summed E-state index contributed by atoms with van der Waals surface area (Å²) < 4.78 is 46.9. The van der Waals surface area contributed by atoms with Crippen LogP contribution in [0.1, 0.15) is 30.1 Å². The average molecular weight is 379 g/mol. The van der Waals surface area contributed by atoms with Crippen molar-refractivity contribution in [3.8, 4) is 11.4 Å². The Balaban J connectivity index is 1.71. The Morgan fingerprint density at radius 3 is 2.63 bits per heavy atom. The highest BCUT2D eigenvalue weighted by Crippen LogP contribution is 2.30. The fraction of sp³-hybridized carbons (Fsp3) is 0.579. The van der Waals surface area contributed by atoms with Crippen LogP contribution in [0.25, 0.3) is 11.4 Å². The van der Waals surface area contributed by atoms with Crippen LogP contribution in [0.15, 0.2) is 12.1 Å². The molecule has 4 rings (SSSR count). The minimum absolute atomic E-state index is 0.112. The van der Waals surface area contributed by atoms with E-state index in [0.29, 0.717) is 51.2 Å². The van der Waals surface area contributed by atoms with Gasteiger partial charge in [-0.15, -0.1) is 0 Å². The van der Waals surface area contributed by atoms with Crippen molar-refractivity contribution in [2.75, 3.05) is 33.0 Å². The van der Waals surface area contributed by atoms with Crippen molar-refractivity contribution in [3.63, 3.8) is 0 Å². The van der Waals surface area contributed by atoms with Crippen LogP contribution in [0.2, 0.25) is 0 Å². The minimum Gasteiger partial charge on any atom is -0.381 e. The predicted octanol–water partition coefficient (Wildman–Crippen LogP) is 2.84. The molecule has 27 heavy (non-hydrogen) atoms. The SMILES string of the molecule is Cc1ccc(-c2nc(C3CCOCC3)nn2CC2COCCO2)c(F)c1F. The molecule has 146 valence electrons. The van der Waals surface area contributed by atoms with Gasteiger partial charge in [0.25, 0.3) is 0 Å². The molecule has 0 bridgehead atoms. The molecular formula is C19H23F2N3O3. The van der Waals surface area contributed by atoms with E-state index in [1.54, 1.807) is 16.8 Å². The minimum atomic E-state index is -0.900. The first-order chi connectivity index (χ1) is 13.1. The second kappa shape index (κ2) is 8.00. The summed E-state index contributed by atoms with van der Waals surface area (Å²) in [5.74, 6) is -0.636. The summed E-state index contributed by atoms with van der Waals surface area (Å²) in [5, 5.41) is 4.62. The molecule has 2 aliphatic heterocycles. The van der Waals surface area contributed by atoms with Crippen molar-refractivity contribution in [2.45, 2.75) is 38.3 Å². The van der Waals surface area contributed by atoms with Gasteiger partial charge in [-0.25, -0.2) is 18.4 Å². The summed E-state index contributed by atoms with van der Waals surface area (Å²) in [7, 11) is 0. The van der Waals surface area contributed by atoms with Crippen LogP contribution in [0.4, 0.5) is 8.78 Å².